The zero-order valence-electron chi connectivity index (χ0n) is 4.77. The molecule has 0 saturated carbocycles. The Morgan fingerprint density at radius 2 is 2.43 bits per heavy atom. The van der Waals surface area contributed by atoms with Crippen molar-refractivity contribution in [3.05, 3.63) is 0 Å². The predicted molar refractivity (Wildman–Crippen MR) is 28.3 cm³/mol. The van der Waals surface area contributed by atoms with Crippen molar-refractivity contribution in [1.29, 1.82) is 0 Å². The van der Waals surface area contributed by atoms with Gasteiger partial charge in [-0.1, -0.05) is 0 Å². The molecule has 2 nitrogen and oxygen atoms in total. The van der Waals surface area contributed by atoms with Crippen molar-refractivity contribution in [3.63, 3.8) is 0 Å². The molecule has 0 spiro atoms. The van der Waals surface area contributed by atoms with Gasteiger partial charge in [0, 0.05) is 19.7 Å². The van der Waals surface area contributed by atoms with E-state index in [0.29, 0.717) is 12.1 Å². The molecule has 1 N–H and O–H groups in total. The van der Waals surface area contributed by atoms with Crippen molar-refractivity contribution < 1.29 is 4.74 Å². The molecule has 2 heteroatoms. The van der Waals surface area contributed by atoms with Crippen LogP contribution < -0.4 is 5.32 Å². The Balaban J connectivity index is 2.16. The van der Waals surface area contributed by atoms with Crippen molar-refractivity contribution in [1.82, 2.24) is 5.32 Å². The van der Waals surface area contributed by atoms with Crippen molar-refractivity contribution >= 4 is 0 Å². The third kappa shape index (κ3) is 0.763. The van der Waals surface area contributed by atoms with E-state index in [1.165, 1.54) is 0 Å². The number of hydrogen-bond donors (Lipinski definition) is 1. The minimum absolute atomic E-state index is 0.472. The number of nitrogens with one attached hydrogen (secondary N) is 1. The largest absolute Gasteiger partial charge is 0.379 e. The summed E-state index contributed by atoms with van der Waals surface area (Å²) < 4.78 is 5.04. The molecule has 1 unspecified atom stereocenters. The molecule has 0 aromatic carbocycles. The van der Waals surface area contributed by atoms with Gasteiger partial charge in [-0.3, -0.25) is 0 Å². The lowest BCUT2D eigenvalue weighted by Crippen LogP contribution is -2.56. The lowest BCUT2D eigenvalue weighted by molar-refractivity contribution is 0.0231. The van der Waals surface area contributed by atoms with Gasteiger partial charge in [0.2, 0.25) is 0 Å². The average Bonchev–Trinajstić information content (AvgIpc) is 1.65. The average molecular weight is 101 g/mol. The summed E-state index contributed by atoms with van der Waals surface area (Å²) in [6.45, 7) is 3.15. The molecule has 2 atom stereocenters. The fourth-order valence-corrected chi connectivity index (χ4v) is 0.737. The van der Waals surface area contributed by atoms with E-state index in [4.69, 9.17) is 4.74 Å². The summed E-state index contributed by atoms with van der Waals surface area (Å²) in [5.74, 6) is 0. The minimum Gasteiger partial charge on any atom is -0.379 e. The highest BCUT2D eigenvalue weighted by atomic mass is 16.5. The van der Waals surface area contributed by atoms with Crippen molar-refractivity contribution in [2.75, 3.05) is 13.7 Å². The smallest absolute Gasteiger partial charge is 0.0845 e. The number of methoxy groups -OCH3 is 1. The maximum atomic E-state index is 5.04. The van der Waals surface area contributed by atoms with Gasteiger partial charge in [-0.2, -0.15) is 0 Å². The van der Waals surface area contributed by atoms with Crippen LogP contribution >= 0.6 is 0 Å². The van der Waals surface area contributed by atoms with Crippen LogP contribution in [0.4, 0.5) is 0 Å². The Morgan fingerprint density at radius 3 is 2.43 bits per heavy atom. The van der Waals surface area contributed by atoms with Crippen LogP contribution in [-0.4, -0.2) is 25.8 Å². The van der Waals surface area contributed by atoms with Gasteiger partial charge in [-0.25, -0.2) is 0 Å². The summed E-state index contributed by atoms with van der Waals surface area (Å²) in [6, 6.07) is 0.574. The molecule has 0 radical (unpaired) electrons. The molecule has 1 rings (SSSR count). The monoisotopic (exact) mass is 101 g/mol. The Morgan fingerprint density at radius 1 is 1.71 bits per heavy atom. The molecule has 1 aliphatic heterocycles. The van der Waals surface area contributed by atoms with E-state index in [1.54, 1.807) is 7.11 Å². The van der Waals surface area contributed by atoms with Crippen molar-refractivity contribution in [2.45, 2.75) is 19.1 Å². The summed E-state index contributed by atoms with van der Waals surface area (Å²) in [6.07, 6.45) is 0.472. The zero-order valence-corrected chi connectivity index (χ0v) is 4.77. The van der Waals surface area contributed by atoms with Gasteiger partial charge in [-0.05, 0) is 6.92 Å². The first kappa shape index (κ1) is 5.06. The normalized spacial score (nSPS) is 40.3. The quantitative estimate of drug-likeness (QED) is 0.501. The molecule has 1 heterocycles. The van der Waals surface area contributed by atoms with Gasteiger partial charge >= 0.3 is 0 Å². The lowest BCUT2D eigenvalue weighted by Gasteiger charge is -2.33. The molecule has 42 valence electrons. The van der Waals surface area contributed by atoms with E-state index in [2.05, 4.69) is 12.2 Å². The lowest BCUT2D eigenvalue weighted by atomic mass is 10.1. The first-order chi connectivity index (χ1) is 3.34. The van der Waals surface area contributed by atoms with Gasteiger partial charge in [-0.15, -0.1) is 0 Å². The number of rotatable bonds is 1. The maximum Gasteiger partial charge on any atom is 0.0845 e. The van der Waals surface area contributed by atoms with Crippen LogP contribution in [0, 0.1) is 0 Å². The fraction of sp³-hybridized carbons (Fsp3) is 1.00. The summed E-state index contributed by atoms with van der Waals surface area (Å²) >= 11 is 0. The van der Waals surface area contributed by atoms with Crippen LogP contribution in [0.5, 0.6) is 0 Å². The third-order valence-electron chi connectivity index (χ3n) is 1.50. The highest BCUT2D eigenvalue weighted by Gasteiger charge is 2.24. The van der Waals surface area contributed by atoms with Crippen LogP contribution in [-0.2, 0) is 4.74 Å². The maximum absolute atomic E-state index is 5.04. The number of ether oxygens (including phenoxy) is 1. The van der Waals surface area contributed by atoms with E-state index < -0.39 is 0 Å². The Labute approximate surface area is 43.9 Å². The van der Waals surface area contributed by atoms with E-state index in [0.717, 1.165) is 6.54 Å². The topological polar surface area (TPSA) is 21.3 Å². The fourth-order valence-electron chi connectivity index (χ4n) is 0.737. The van der Waals surface area contributed by atoms with Crippen molar-refractivity contribution in [2.24, 2.45) is 0 Å². The van der Waals surface area contributed by atoms with E-state index in [-0.39, 0.29) is 0 Å². The van der Waals surface area contributed by atoms with Gasteiger partial charge in [0.15, 0.2) is 0 Å². The van der Waals surface area contributed by atoms with Gasteiger partial charge in [0.1, 0.15) is 0 Å². The molecular weight excluding hydrogens is 90.1 g/mol. The Bertz CT molecular complexity index is 63.1. The molecule has 1 aliphatic rings. The molecule has 7 heavy (non-hydrogen) atoms. The van der Waals surface area contributed by atoms with E-state index >= 15 is 0 Å². The molecule has 0 amide bonds. The van der Waals surface area contributed by atoms with Crippen LogP contribution in [0.3, 0.4) is 0 Å². The number of hydrogen-bond acceptors (Lipinski definition) is 2. The van der Waals surface area contributed by atoms with Crippen molar-refractivity contribution in [3.8, 4) is 0 Å². The van der Waals surface area contributed by atoms with Gasteiger partial charge in [0.05, 0.1) is 6.10 Å². The highest BCUT2D eigenvalue weighted by molar-refractivity contribution is 4.84. The highest BCUT2D eigenvalue weighted by Crippen LogP contribution is 2.04. The first-order valence-electron chi connectivity index (χ1n) is 2.61. The SMILES string of the molecule is COC1CN[C@H]1C. The predicted octanol–water partition coefficient (Wildman–Crippen LogP) is -0.00690. The second-order valence-corrected chi connectivity index (χ2v) is 1.97. The summed E-state index contributed by atoms with van der Waals surface area (Å²) in [5.41, 5.74) is 0. The molecule has 0 aromatic heterocycles. The summed E-state index contributed by atoms with van der Waals surface area (Å²) in [7, 11) is 1.75. The second-order valence-electron chi connectivity index (χ2n) is 1.97. The first-order valence-corrected chi connectivity index (χ1v) is 2.61. The standard InChI is InChI=1S/C5H11NO/c1-4-5(7-2)3-6-4/h4-6H,3H2,1-2H3/t4-,5?/m0/s1. The van der Waals surface area contributed by atoms with Crippen LogP contribution in [0.2, 0.25) is 0 Å². The van der Waals surface area contributed by atoms with Crippen LogP contribution in [0.15, 0.2) is 0 Å². The molecule has 0 aromatic rings. The Hall–Kier alpha value is -0.0800. The van der Waals surface area contributed by atoms with Crippen LogP contribution in [0.1, 0.15) is 6.92 Å². The van der Waals surface area contributed by atoms with E-state index in [1.807, 2.05) is 0 Å². The van der Waals surface area contributed by atoms with Gasteiger partial charge < -0.3 is 10.1 Å². The Kier molecular flexibility index (Phi) is 1.30. The molecule has 1 fully saturated rings. The van der Waals surface area contributed by atoms with E-state index in [9.17, 15) is 0 Å². The summed E-state index contributed by atoms with van der Waals surface area (Å²) in [4.78, 5) is 0. The summed E-state index contributed by atoms with van der Waals surface area (Å²) in [5, 5.41) is 3.18. The minimum atomic E-state index is 0.472. The van der Waals surface area contributed by atoms with Crippen LogP contribution in [0.25, 0.3) is 0 Å². The molecule has 1 saturated heterocycles. The third-order valence-corrected chi connectivity index (χ3v) is 1.50. The molecular formula is C5H11NO. The van der Waals surface area contributed by atoms with Gasteiger partial charge in [0.25, 0.3) is 0 Å². The second kappa shape index (κ2) is 1.80. The molecule has 0 aliphatic carbocycles. The molecule has 0 bridgehead atoms. The zero-order chi connectivity index (χ0) is 5.28.